The van der Waals surface area contributed by atoms with Crippen molar-refractivity contribution in [2.24, 2.45) is 0 Å². The van der Waals surface area contributed by atoms with Gasteiger partial charge in [0.2, 0.25) is 0 Å². The van der Waals surface area contributed by atoms with E-state index in [2.05, 4.69) is 44.3 Å². The van der Waals surface area contributed by atoms with Gasteiger partial charge in [-0.2, -0.15) is 0 Å². The van der Waals surface area contributed by atoms with Gasteiger partial charge in [0.25, 0.3) is 0 Å². The van der Waals surface area contributed by atoms with E-state index in [0.29, 0.717) is 0 Å². The molecule has 1 unspecified atom stereocenters. The Kier molecular flexibility index (Phi) is 5.51. The largest absolute Gasteiger partial charge is 0.310 e. The van der Waals surface area contributed by atoms with E-state index < -0.39 is 0 Å². The Labute approximate surface area is 127 Å². The number of nitrogens with one attached hydrogen (secondary N) is 1. The summed E-state index contributed by atoms with van der Waals surface area (Å²) < 4.78 is 14.1. The predicted octanol–water partition coefficient (Wildman–Crippen LogP) is 4.73. The maximum atomic E-state index is 14.1. The second-order valence-corrected chi connectivity index (χ2v) is 5.73. The van der Waals surface area contributed by atoms with E-state index in [-0.39, 0.29) is 11.9 Å². The molecule has 0 fully saturated rings. The number of benzene rings is 2. The summed E-state index contributed by atoms with van der Waals surface area (Å²) in [6.45, 7) is 7.23. The SMILES string of the molecule is CCCNC(Cc1cc(C)cc(C)c1)c1ccccc1F. The van der Waals surface area contributed by atoms with Gasteiger partial charge < -0.3 is 5.32 Å². The van der Waals surface area contributed by atoms with Crippen LogP contribution < -0.4 is 5.32 Å². The summed E-state index contributed by atoms with van der Waals surface area (Å²) in [7, 11) is 0. The molecule has 2 aromatic carbocycles. The van der Waals surface area contributed by atoms with Gasteiger partial charge in [0, 0.05) is 11.6 Å². The van der Waals surface area contributed by atoms with Crippen molar-refractivity contribution >= 4 is 0 Å². The zero-order chi connectivity index (χ0) is 15.2. The summed E-state index contributed by atoms with van der Waals surface area (Å²) in [6, 6.07) is 13.6. The van der Waals surface area contributed by atoms with Crippen molar-refractivity contribution in [2.75, 3.05) is 6.54 Å². The van der Waals surface area contributed by atoms with Gasteiger partial charge in [-0.3, -0.25) is 0 Å². The predicted molar refractivity (Wildman–Crippen MR) is 87.1 cm³/mol. The lowest BCUT2D eigenvalue weighted by molar-refractivity contribution is 0.497. The Morgan fingerprint density at radius 2 is 1.71 bits per heavy atom. The number of halogens is 1. The minimum absolute atomic E-state index is 0.0207. The van der Waals surface area contributed by atoms with Crippen molar-refractivity contribution in [1.82, 2.24) is 5.32 Å². The van der Waals surface area contributed by atoms with Crippen molar-refractivity contribution in [3.63, 3.8) is 0 Å². The maximum Gasteiger partial charge on any atom is 0.127 e. The van der Waals surface area contributed by atoms with Gasteiger partial charge in [0.15, 0.2) is 0 Å². The van der Waals surface area contributed by atoms with Crippen molar-refractivity contribution in [1.29, 1.82) is 0 Å². The van der Waals surface area contributed by atoms with Crippen LogP contribution in [0.3, 0.4) is 0 Å². The molecule has 1 atom stereocenters. The highest BCUT2D eigenvalue weighted by atomic mass is 19.1. The van der Waals surface area contributed by atoms with Crippen LogP contribution in [0.15, 0.2) is 42.5 Å². The zero-order valence-electron chi connectivity index (χ0n) is 13.1. The van der Waals surface area contributed by atoms with E-state index in [1.54, 1.807) is 6.07 Å². The first kappa shape index (κ1) is 15.7. The van der Waals surface area contributed by atoms with Crippen LogP contribution in [0.1, 0.15) is 41.6 Å². The summed E-state index contributed by atoms with van der Waals surface area (Å²) in [5, 5.41) is 3.47. The lowest BCUT2D eigenvalue weighted by Crippen LogP contribution is -2.25. The van der Waals surface area contributed by atoms with Crippen LogP contribution in [0.4, 0.5) is 4.39 Å². The van der Waals surface area contributed by atoms with E-state index in [1.165, 1.54) is 22.8 Å². The molecule has 1 nitrogen and oxygen atoms in total. The van der Waals surface area contributed by atoms with Gasteiger partial charge in [-0.15, -0.1) is 0 Å². The Bertz CT molecular complexity index is 572. The van der Waals surface area contributed by atoms with Crippen molar-refractivity contribution in [2.45, 2.75) is 39.7 Å². The molecule has 0 aliphatic rings. The highest BCUT2D eigenvalue weighted by Gasteiger charge is 2.15. The summed E-state index contributed by atoms with van der Waals surface area (Å²) >= 11 is 0. The lowest BCUT2D eigenvalue weighted by Gasteiger charge is -2.20. The second-order valence-electron chi connectivity index (χ2n) is 5.73. The molecule has 1 N–H and O–H groups in total. The first-order valence-corrected chi connectivity index (χ1v) is 7.65. The Morgan fingerprint density at radius 3 is 2.33 bits per heavy atom. The lowest BCUT2D eigenvalue weighted by atomic mass is 9.96. The van der Waals surface area contributed by atoms with Gasteiger partial charge >= 0.3 is 0 Å². The minimum atomic E-state index is -0.129. The molecule has 0 saturated heterocycles. The van der Waals surface area contributed by atoms with Crippen molar-refractivity contribution in [3.05, 3.63) is 70.5 Å². The van der Waals surface area contributed by atoms with E-state index in [1.807, 2.05) is 12.1 Å². The third-order valence-corrected chi connectivity index (χ3v) is 3.64. The topological polar surface area (TPSA) is 12.0 Å². The molecule has 0 aromatic heterocycles. The first-order chi connectivity index (χ1) is 10.1. The molecule has 0 aliphatic carbocycles. The average molecular weight is 285 g/mol. The number of rotatable bonds is 6. The fourth-order valence-corrected chi connectivity index (χ4v) is 2.79. The van der Waals surface area contributed by atoms with E-state index >= 15 is 0 Å². The zero-order valence-corrected chi connectivity index (χ0v) is 13.1. The second kappa shape index (κ2) is 7.37. The number of hydrogen-bond donors (Lipinski definition) is 1. The monoisotopic (exact) mass is 285 g/mol. The normalized spacial score (nSPS) is 12.4. The van der Waals surface area contributed by atoms with Crippen molar-refractivity contribution < 1.29 is 4.39 Å². The molecule has 0 amide bonds. The van der Waals surface area contributed by atoms with Crippen LogP contribution in [-0.4, -0.2) is 6.54 Å². The fraction of sp³-hybridized carbons (Fsp3) is 0.368. The third kappa shape index (κ3) is 4.40. The maximum absolute atomic E-state index is 14.1. The van der Waals surface area contributed by atoms with Gasteiger partial charge in [-0.25, -0.2) is 4.39 Å². The summed E-state index contributed by atoms with van der Waals surface area (Å²) in [4.78, 5) is 0. The van der Waals surface area contributed by atoms with Crippen LogP contribution in [0, 0.1) is 19.7 Å². The number of aryl methyl sites for hydroxylation is 2. The highest BCUT2D eigenvalue weighted by Crippen LogP contribution is 2.22. The average Bonchev–Trinajstić information content (AvgIpc) is 2.43. The molecular weight excluding hydrogens is 261 g/mol. The minimum Gasteiger partial charge on any atom is -0.310 e. The van der Waals surface area contributed by atoms with E-state index in [0.717, 1.165) is 24.9 Å². The van der Waals surface area contributed by atoms with Gasteiger partial charge in [-0.05, 0) is 44.9 Å². The van der Waals surface area contributed by atoms with Crippen LogP contribution in [-0.2, 0) is 6.42 Å². The summed E-state index contributed by atoms with van der Waals surface area (Å²) in [5.74, 6) is -0.129. The van der Waals surface area contributed by atoms with Gasteiger partial charge in [0.05, 0.1) is 0 Å². The Hall–Kier alpha value is -1.67. The molecule has 0 spiro atoms. The molecule has 2 heteroatoms. The molecule has 0 radical (unpaired) electrons. The summed E-state index contributed by atoms with van der Waals surface area (Å²) in [5.41, 5.74) is 4.52. The fourth-order valence-electron chi connectivity index (χ4n) is 2.79. The molecular formula is C19H24FN. The van der Waals surface area contributed by atoms with Crippen LogP contribution >= 0.6 is 0 Å². The van der Waals surface area contributed by atoms with Gasteiger partial charge in [0.1, 0.15) is 5.82 Å². The smallest absolute Gasteiger partial charge is 0.127 e. The highest BCUT2D eigenvalue weighted by molar-refractivity contribution is 5.31. The standard InChI is InChI=1S/C19H24FN/c1-4-9-21-19(17-7-5-6-8-18(17)20)13-16-11-14(2)10-15(3)12-16/h5-8,10-12,19,21H,4,9,13H2,1-3H3. The van der Waals surface area contributed by atoms with Crippen LogP contribution in [0.25, 0.3) is 0 Å². The molecule has 112 valence electrons. The van der Waals surface area contributed by atoms with Crippen molar-refractivity contribution in [3.8, 4) is 0 Å². The molecule has 0 saturated carbocycles. The van der Waals surface area contributed by atoms with E-state index in [9.17, 15) is 4.39 Å². The summed E-state index contributed by atoms with van der Waals surface area (Å²) in [6.07, 6.45) is 1.85. The third-order valence-electron chi connectivity index (χ3n) is 3.64. The van der Waals surface area contributed by atoms with E-state index in [4.69, 9.17) is 0 Å². The molecule has 2 rings (SSSR count). The molecule has 0 heterocycles. The molecule has 0 aliphatic heterocycles. The molecule has 2 aromatic rings. The molecule has 0 bridgehead atoms. The van der Waals surface area contributed by atoms with Crippen LogP contribution in [0.2, 0.25) is 0 Å². The molecule has 21 heavy (non-hydrogen) atoms. The van der Waals surface area contributed by atoms with Crippen LogP contribution in [0.5, 0.6) is 0 Å². The quantitative estimate of drug-likeness (QED) is 0.809. The first-order valence-electron chi connectivity index (χ1n) is 7.65. The number of hydrogen-bond acceptors (Lipinski definition) is 1. The Morgan fingerprint density at radius 1 is 1.05 bits per heavy atom. The Balaban J connectivity index is 2.26. The van der Waals surface area contributed by atoms with Gasteiger partial charge in [-0.1, -0.05) is 54.4 Å².